The van der Waals surface area contributed by atoms with Crippen LogP contribution < -0.4 is 5.32 Å². The molecule has 2 aliphatic heterocycles. The van der Waals surface area contributed by atoms with Crippen LogP contribution >= 0.6 is 0 Å². The molecule has 122 valence electrons. The molecular weight excluding hydrogens is 292 g/mol. The highest BCUT2D eigenvalue weighted by Gasteiger charge is 2.42. The molecule has 2 fully saturated rings. The Morgan fingerprint density at radius 3 is 2.59 bits per heavy atom. The molecule has 22 heavy (non-hydrogen) atoms. The van der Waals surface area contributed by atoms with Gasteiger partial charge in [-0.1, -0.05) is 0 Å². The van der Waals surface area contributed by atoms with Crippen LogP contribution in [-0.4, -0.2) is 38.3 Å². The van der Waals surface area contributed by atoms with Gasteiger partial charge in [0.1, 0.15) is 11.6 Å². The Bertz CT molecular complexity index is 500. The number of halogens is 2. The smallest absolute Gasteiger partial charge is 0.173 e. The Kier molecular flexibility index (Phi) is 4.73. The van der Waals surface area contributed by atoms with Crippen LogP contribution in [0.2, 0.25) is 0 Å². The molecule has 0 saturated carbocycles. The maximum atomic E-state index is 13.2. The van der Waals surface area contributed by atoms with Gasteiger partial charge in [-0.2, -0.15) is 0 Å². The van der Waals surface area contributed by atoms with E-state index in [1.807, 2.05) is 6.92 Å². The van der Waals surface area contributed by atoms with Gasteiger partial charge in [-0.15, -0.1) is 0 Å². The van der Waals surface area contributed by atoms with Gasteiger partial charge < -0.3 is 19.5 Å². The fraction of sp³-hybridized carbons (Fsp3) is 0.625. The minimum Gasteiger partial charge on any atom is -0.381 e. The highest BCUT2D eigenvalue weighted by Crippen LogP contribution is 2.33. The summed E-state index contributed by atoms with van der Waals surface area (Å²) in [6.45, 7) is 4.27. The van der Waals surface area contributed by atoms with Crippen molar-refractivity contribution in [3.8, 4) is 0 Å². The van der Waals surface area contributed by atoms with Crippen molar-refractivity contribution in [2.75, 3.05) is 26.4 Å². The highest BCUT2D eigenvalue weighted by molar-refractivity contribution is 5.20. The number of rotatable bonds is 4. The second kappa shape index (κ2) is 6.58. The second-order valence-corrected chi connectivity index (χ2v) is 5.91. The van der Waals surface area contributed by atoms with Crippen LogP contribution in [0.5, 0.6) is 0 Å². The van der Waals surface area contributed by atoms with Crippen LogP contribution in [0.3, 0.4) is 0 Å². The molecule has 2 unspecified atom stereocenters. The van der Waals surface area contributed by atoms with Gasteiger partial charge in [-0.25, -0.2) is 8.78 Å². The molecule has 6 heteroatoms. The van der Waals surface area contributed by atoms with Crippen molar-refractivity contribution in [3.63, 3.8) is 0 Å². The second-order valence-electron chi connectivity index (χ2n) is 5.91. The maximum absolute atomic E-state index is 13.2. The molecule has 3 rings (SSSR count). The van der Waals surface area contributed by atoms with Crippen molar-refractivity contribution in [3.05, 3.63) is 35.4 Å². The summed E-state index contributed by atoms with van der Waals surface area (Å²) in [5.41, 5.74) is 0.581. The van der Waals surface area contributed by atoms with E-state index in [0.717, 1.165) is 18.9 Å². The largest absolute Gasteiger partial charge is 0.381 e. The van der Waals surface area contributed by atoms with E-state index >= 15 is 0 Å². The fourth-order valence-electron chi connectivity index (χ4n) is 2.91. The van der Waals surface area contributed by atoms with E-state index in [1.165, 1.54) is 12.1 Å². The first-order chi connectivity index (χ1) is 10.6. The Morgan fingerprint density at radius 1 is 1.23 bits per heavy atom. The summed E-state index contributed by atoms with van der Waals surface area (Å²) < 4.78 is 43.6. The lowest BCUT2D eigenvalue weighted by molar-refractivity contribution is -0.210. The van der Waals surface area contributed by atoms with Crippen molar-refractivity contribution >= 4 is 0 Å². The van der Waals surface area contributed by atoms with Crippen molar-refractivity contribution in [2.24, 2.45) is 0 Å². The van der Waals surface area contributed by atoms with Crippen LogP contribution in [0.4, 0.5) is 8.78 Å². The quantitative estimate of drug-likeness (QED) is 0.927. The highest BCUT2D eigenvalue weighted by atomic mass is 19.1. The zero-order valence-electron chi connectivity index (χ0n) is 12.6. The van der Waals surface area contributed by atoms with Gasteiger partial charge in [0.2, 0.25) is 0 Å². The van der Waals surface area contributed by atoms with E-state index in [-0.39, 0.29) is 12.1 Å². The molecule has 2 heterocycles. The van der Waals surface area contributed by atoms with Gasteiger partial charge >= 0.3 is 0 Å². The summed E-state index contributed by atoms with van der Waals surface area (Å²) in [7, 11) is 0. The van der Waals surface area contributed by atoms with Gasteiger partial charge in [0.25, 0.3) is 0 Å². The molecule has 0 radical (unpaired) electrons. The minimum absolute atomic E-state index is 0.0565. The first-order valence-corrected chi connectivity index (χ1v) is 7.65. The molecule has 1 spiro atoms. The summed E-state index contributed by atoms with van der Waals surface area (Å²) in [5, 5.41) is 3.25. The third-order valence-corrected chi connectivity index (χ3v) is 4.20. The number of ether oxygens (including phenoxy) is 3. The topological polar surface area (TPSA) is 39.7 Å². The van der Waals surface area contributed by atoms with Gasteiger partial charge in [0.15, 0.2) is 5.79 Å². The molecule has 2 aliphatic rings. The van der Waals surface area contributed by atoms with Crippen molar-refractivity contribution < 1.29 is 23.0 Å². The lowest BCUT2D eigenvalue weighted by atomic mass is 10.1. The molecule has 0 aliphatic carbocycles. The van der Waals surface area contributed by atoms with Gasteiger partial charge in [0, 0.05) is 31.5 Å². The molecular formula is C16H21F2NO3. The summed E-state index contributed by atoms with van der Waals surface area (Å²) in [6.07, 6.45) is 1.43. The monoisotopic (exact) mass is 313 g/mol. The minimum atomic E-state index is -0.565. The van der Waals surface area contributed by atoms with Gasteiger partial charge in [-0.3, -0.25) is 0 Å². The normalized spacial score (nSPS) is 25.5. The van der Waals surface area contributed by atoms with E-state index in [9.17, 15) is 8.78 Å². The van der Waals surface area contributed by atoms with Crippen LogP contribution in [0, 0.1) is 11.6 Å². The van der Waals surface area contributed by atoms with E-state index in [4.69, 9.17) is 14.2 Å². The molecule has 1 aromatic carbocycles. The molecule has 0 bridgehead atoms. The molecule has 2 saturated heterocycles. The number of nitrogens with one attached hydrogen (secondary N) is 1. The van der Waals surface area contributed by atoms with E-state index in [0.29, 0.717) is 31.9 Å². The molecule has 1 N–H and O–H groups in total. The van der Waals surface area contributed by atoms with Gasteiger partial charge in [0.05, 0.1) is 25.9 Å². The molecule has 0 aromatic heterocycles. The number of hydrogen-bond donors (Lipinski definition) is 1. The molecule has 1 aromatic rings. The lowest BCUT2D eigenvalue weighted by Gasteiger charge is -2.31. The van der Waals surface area contributed by atoms with Crippen molar-refractivity contribution in [1.82, 2.24) is 5.32 Å². The average molecular weight is 313 g/mol. The average Bonchev–Trinajstić information content (AvgIpc) is 2.87. The van der Waals surface area contributed by atoms with Gasteiger partial charge in [-0.05, 0) is 24.6 Å². The first kappa shape index (κ1) is 15.8. The van der Waals surface area contributed by atoms with E-state index in [2.05, 4.69) is 5.32 Å². The third-order valence-electron chi connectivity index (χ3n) is 4.20. The summed E-state index contributed by atoms with van der Waals surface area (Å²) in [4.78, 5) is 0. The first-order valence-electron chi connectivity index (χ1n) is 7.65. The summed E-state index contributed by atoms with van der Waals surface area (Å²) in [6, 6.07) is 3.39. The Labute approximate surface area is 128 Å². The lowest BCUT2D eigenvalue weighted by Crippen LogP contribution is -2.39. The Balaban J connectivity index is 1.52. The summed E-state index contributed by atoms with van der Waals surface area (Å²) in [5.74, 6) is -1.63. The van der Waals surface area contributed by atoms with Crippen LogP contribution in [0.15, 0.2) is 18.2 Å². The molecule has 4 nitrogen and oxygen atoms in total. The Hall–Kier alpha value is -1.08. The zero-order valence-corrected chi connectivity index (χ0v) is 12.6. The predicted octanol–water partition coefficient (Wildman–Crippen LogP) is 2.54. The number of hydrogen-bond acceptors (Lipinski definition) is 4. The SMILES string of the molecule is CC(NCC1COC2(CCOCC2)O1)c1cc(F)cc(F)c1. The zero-order chi connectivity index (χ0) is 15.6. The van der Waals surface area contributed by atoms with E-state index in [1.54, 1.807) is 0 Å². The summed E-state index contributed by atoms with van der Waals surface area (Å²) >= 11 is 0. The number of benzene rings is 1. The molecule has 2 atom stereocenters. The van der Waals surface area contributed by atoms with Crippen LogP contribution in [-0.2, 0) is 14.2 Å². The third kappa shape index (κ3) is 3.63. The van der Waals surface area contributed by atoms with E-state index < -0.39 is 17.4 Å². The maximum Gasteiger partial charge on any atom is 0.173 e. The van der Waals surface area contributed by atoms with Crippen molar-refractivity contribution in [2.45, 2.75) is 37.7 Å². The Morgan fingerprint density at radius 2 is 1.91 bits per heavy atom. The van der Waals surface area contributed by atoms with Crippen LogP contribution in [0.1, 0.15) is 31.4 Å². The fourth-order valence-corrected chi connectivity index (χ4v) is 2.91. The molecule has 0 amide bonds. The van der Waals surface area contributed by atoms with Crippen LogP contribution in [0.25, 0.3) is 0 Å². The van der Waals surface area contributed by atoms with Crippen molar-refractivity contribution in [1.29, 1.82) is 0 Å². The predicted molar refractivity (Wildman–Crippen MR) is 76.4 cm³/mol. The standard InChI is InChI=1S/C16H21F2NO3/c1-11(12-6-13(17)8-14(18)7-12)19-9-15-10-21-16(22-15)2-4-20-5-3-16/h6-8,11,15,19H,2-5,9-10H2,1H3.